The van der Waals surface area contributed by atoms with Crippen LogP contribution in [0.2, 0.25) is 0 Å². The van der Waals surface area contributed by atoms with Crippen LogP contribution in [0.1, 0.15) is 52.1 Å². The molecule has 122 valence electrons. The summed E-state index contributed by atoms with van der Waals surface area (Å²) in [5.41, 5.74) is 2.45. The number of amides is 2. The first-order chi connectivity index (χ1) is 10.4. The second-order valence-corrected chi connectivity index (χ2v) is 7.54. The Hall–Kier alpha value is -1.43. The molecule has 0 spiro atoms. The van der Waals surface area contributed by atoms with Crippen LogP contribution in [0.25, 0.3) is 0 Å². The van der Waals surface area contributed by atoms with Gasteiger partial charge in [-0.15, -0.1) is 11.3 Å². The summed E-state index contributed by atoms with van der Waals surface area (Å²) in [6.45, 7) is 6.56. The SMILES string of the molecule is CC(C)(C)NC(=O)C1CCCCN1C(=O)CCc1cscn1. The highest BCUT2D eigenvalue weighted by Crippen LogP contribution is 2.20. The van der Waals surface area contributed by atoms with Crippen molar-refractivity contribution in [1.29, 1.82) is 0 Å². The third-order valence-corrected chi connectivity index (χ3v) is 4.34. The van der Waals surface area contributed by atoms with Gasteiger partial charge in [-0.1, -0.05) is 0 Å². The van der Waals surface area contributed by atoms with Crippen LogP contribution in [0.3, 0.4) is 0 Å². The topological polar surface area (TPSA) is 62.3 Å². The molecule has 5 nitrogen and oxygen atoms in total. The number of carbonyl (C=O) groups excluding carboxylic acids is 2. The fourth-order valence-electron chi connectivity index (χ4n) is 2.70. The Morgan fingerprint density at radius 2 is 2.18 bits per heavy atom. The Bertz CT molecular complexity index is 508. The molecule has 0 bridgehead atoms. The molecule has 0 radical (unpaired) electrons. The van der Waals surface area contributed by atoms with E-state index in [4.69, 9.17) is 0 Å². The number of aromatic nitrogens is 1. The van der Waals surface area contributed by atoms with Crippen LogP contribution in [-0.4, -0.2) is 39.8 Å². The summed E-state index contributed by atoms with van der Waals surface area (Å²) in [7, 11) is 0. The van der Waals surface area contributed by atoms with Gasteiger partial charge in [0.15, 0.2) is 0 Å². The van der Waals surface area contributed by atoms with Gasteiger partial charge < -0.3 is 10.2 Å². The Balaban J connectivity index is 1.96. The lowest BCUT2D eigenvalue weighted by Gasteiger charge is -2.36. The van der Waals surface area contributed by atoms with E-state index in [1.807, 2.05) is 26.2 Å². The number of rotatable bonds is 4. The number of nitrogens with one attached hydrogen (secondary N) is 1. The second kappa shape index (κ2) is 7.22. The van der Waals surface area contributed by atoms with Gasteiger partial charge >= 0.3 is 0 Å². The first-order valence-electron chi connectivity index (χ1n) is 7.85. The quantitative estimate of drug-likeness (QED) is 0.925. The first-order valence-corrected chi connectivity index (χ1v) is 8.80. The van der Waals surface area contributed by atoms with Crippen LogP contribution in [0.5, 0.6) is 0 Å². The molecule has 1 aliphatic heterocycles. The number of likely N-dealkylation sites (tertiary alicyclic amines) is 1. The highest BCUT2D eigenvalue weighted by atomic mass is 32.1. The van der Waals surface area contributed by atoms with Gasteiger partial charge in [-0.2, -0.15) is 0 Å². The van der Waals surface area contributed by atoms with Crippen LogP contribution in [0.4, 0.5) is 0 Å². The summed E-state index contributed by atoms with van der Waals surface area (Å²) in [6, 6.07) is -0.323. The van der Waals surface area contributed by atoms with Crippen LogP contribution in [0, 0.1) is 0 Å². The normalized spacial score (nSPS) is 19.0. The molecule has 1 atom stereocenters. The Kier molecular flexibility index (Phi) is 5.56. The van der Waals surface area contributed by atoms with Gasteiger partial charge in [0.25, 0.3) is 0 Å². The van der Waals surface area contributed by atoms with Crippen LogP contribution >= 0.6 is 11.3 Å². The lowest BCUT2D eigenvalue weighted by atomic mass is 9.99. The van der Waals surface area contributed by atoms with E-state index >= 15 is 0 Å². The zero-order valence-electron chi connectivity index (χ0n) is 13.6. The van der Waals surface area contributed by atoms with Gasteiger partial charge in [-0.3, -0.25) is 9.59 Å². The molecule has 1 aromatic rings. The predicted molar refractivity (Wildman–Crippen MR) is 87.7 cm³/mol. The first kappa shape index (κ1) is 16.9. The molecule has 6 heteroatoms. The molecular weight excluding hydrogens is 298 g/mol. The van der Waals surface area contributed by atoms with Gasteiger partial charge in [0.05, 0.1) is 11.2 Å². The minimum Gasteiger partial charge on any atom is -0.350 e. The van der Waals surface area contributed by atoms with Crippen molar-refractivity contribution in [3.8, 4) is 0 Å². The minimum atomic E-state index is -0.323. The van der Waals surface area contributed by atoms with E-state index in [1.165, 1.54) is 11.3 Å². The van der Waals surface area contributed by atoms with Crippen molar-refractivity contribution in [2.75, 3.05) is 6.54 Å². The van der Waals surface area contributed by atoms with Crippen LogP contribution in [0.15, 0.2) is 10.9 Å². The number of thiazole rings is 1. The number of hydrogen-bond donors (Lipinski definition) is 1. The van der Waals surface area contributed by atoms with Crippen molar-refractivity contribution >= 4 is 23.2 Å². The molecule has 2 rings (SSSR count). The Morgan fingerprint density at radius 1 is 1.41 bits per heavy atom. The minimum absolute atomic E-state index is 0.0331. The fourth-order valence-corrected chi connectivity index (χ4v) is 3.29. The Labute approximate surface area is 136 Å². The van der Waals surface area contributed by atoms with Gasteiger partial charge in [0, 0.05) is 23.9 Å². The van der Waals surface area contributed by atoms with Crippen molar-refractivity contribution in [2.45, 2.75) is 64.5 Å². The van der Waals surface area contributed by atoms with E-state index in [1.54, 1.807) is 10.4 Å². The summed E-state index contributed by atoms with van der Waals surface area (Å²) in [4.78, 5) is 30.9. The zero-order valence-corrected chi connectivity index (χ0v) is 14.4. The maximum absolute atomic E-state index is 12.5. The molecule has 0 aliphatic carbocycles. The van der Waals surface area contributed by atoms with Crippen molar-refractivity contribution in [3.63, 3.8) is 0 Å². The maximum atomic E-state index is 12.5. The smallest absolute Gasteiger partial charge is 0.243 e. The number of carbonyl (C=O) groups is 2. The average Bonchev–Trinajstić information content (AvgIpc) is 2.96. The monoisotopic (exact) mass is 323 g/mol. The molecule has 1 unspecified atom stereocenters. The highest BCUT2D eigenvalue weighted by Gasteiger charge is 2.33. The van der Waals surface area contributed by atoms with E-state index in [0.717, 1.165) is 25.0 Å². The molecule has 1 saturated heterocycles. The standard InChI is InChI=1S/C16H25N3O2S/c1-16(2,3)18-15(21)13-6-4-5-9-19(13)14(20)8-7-12-10-22-11-17-12/h10-11,13H,4-9H2,1-3H3,(H,18,21). The molecule has 2 amide bonds. The van der Waals surface area contributed by atoms with Gasteiger partial charge in [-0.25, -0.2) is 4.98 Å². The lowest BCUT2D eigenvalue weighted by molar-refractivity contribution is -0.142. The summed E-state index contributed by atoms with van der Waals surface area (Å²) in [6.07, 6.45) is 3.79. The number of hydrogen-bond acceptors (Lipinski definition) is 4. The van der Waals surface area contributed by atoms with E-state index in [2.05, 4.69) is 10.3 Å². The molecule has 1 fully saturated rings. The fraction of sp³-hybridized carbons (Fsp3) is 0.688. The maximum Gasteiger partial charge on any atom is 0.243 e. The van der Waals surface area contributed by atoms with Gasteiger partial charge in [-0.05, 0) is 46.5 Å². The van der Waals surface area contributed by atoms with Crippen molar-refractivity contribution in [3.05, 3.63) is 16.6 Å². The molecule has 2 heterocycles. The molecule has 1 N–H and O–H groups in total. The summed E-state index contributed by atoms with van der Waals surface area (Å²) in [5.74, 6) is 0.0240. The third kappa shape index (κ3) is 4.80. The van der Waals surface area contributed by atoms with Crippen LogP contribution < -0.4 is 5.32 Å². The van der Waals surface area contributed by atoms with Crippen molar-refractivity contribution in [2.24, 2.45) is 0 Å². The lowest BCUT2D eigenvalue weighted by Crippen LogP contribution is -2.55. The van der Waals surface area contributed by atoms with Crippen molar-refractivity contribution in [1.82, 2.24) is 15.2 Å². The number of piperidine rings is 1. The number of aryl methyl sites for hydroxylation is 1. The zero-order chi connectivity index (χ0) is 16.2. The molecule has 0 aromatic carbocycles. The third-order valence-electron chi connectivity index (χ3n) is 3.70. The van der Waals surface area contributed by atoms with E-state index in [0.29, 0.717) is 19.4 Å². The summed E-state index contributed by atoms with van der Waals surface area (Å²) < 4.78 is 0. The highest BCUT2D eigenvalue weighted by molar-refractivity contribution is 7.07. The molecule has 22 heavy (non-hydrogen) atoms. The molecular formula is C16H25N3O2S. The number of nitrogens with zero attached hydrogens (tertiary/aromatic N) is 2. The van der Waals surface area contributed by atoms with Gasteiger partial charge in [0.2, 0.25) is 11.8 Å². The van der Waals surface area contributed by atoms with Crippen molar-refractivity contribution < 1.29 is 9.59 Å². The second-order valence-electron chi connectivity index (χ2n) is 6.82. The summed E-state index contributed by atoms with van der Waals surface area (Å²) >= 11 is 1.54. The van der Waals surface area contributed by atoms with E-state index in [-0.39, 0.29) is 23.4 Å². The molecule has 1 aliphatic rings. The van der Waals surface area contributed by atoms with E-state index in [9.17, 15) is 9.59 Å². The van der Waals surface area contributed by atoms with Crippen LogP contribution in [-0.2, 0) is 16.0 Å². The average molecular weight is 323 g/mol. The van der Waals surface area contributed by atoms with Gasteiger partial charge in [0.1, 0.15) is 6.04 Å². The van der Waals surface area contributed by atoms with E-state index < -0.39 is 0 Å². The Morgan fingerprint density at radius 3 is 2.82 bits per heavy atom. The molecule has 1 aromatic heterocycles. The molecule has 0 saturated carbocycles. The summed E-state index contributed by atoms with van der Waals surface area (Å²) in [5, 5.41) is 4.97. The largest absolute Gasteiger partial charge is 0.350 e. The predicted octanol–water partition coefficient (Wildman–Crippen LogP) is 2.37.